The maximum atomic E-state index is 13.7. The van der Waals surface area contributed by atoms with Crippen LogP contribution >= 0.6 is 0 Å². The van der Waals surface area contributed by atoms with Gasteiger partial charge in [0.2, 0.25) is 5.91 Å². The van der Waals surface area contributed by atoms with Crippen molar-refractivity contribution in [2.45, 2.75) is 57.3 Å². The number of carbonyl (C=O) groups excluding carboxylic acids is 2. The first-order valence-corrected chi connectivity index (χ1v) is 11.6. The summed E-state index contributed by atoms with van der Waals surface area (Å²) >= 11 is 0. The number of nitrogens with zero attached hydrogens (tertiary/aromatic N) is 2. The van der Waals surface area contributed by atoms with Crippen LogP contribution in [0.4, 0.5) is 4.39 Å². The molecule has 1 saturated carbocycles. The third-order valence-corrected chi connectivity index (χ3v) is 7.01. The minimum Gasteiger partial charge on any atom is -0.351 e. The lowest BCUT2D eigenvalue weighted by molar-refractivity contribution is -0.133. The standard InChI is InChI=1S/C27H28FN3O2/c1-27(26(33)29-22-9-5-6-10-22)18-30-23(20-7-3-2-4-8-20)15-16-24(30)25(32)31(27)17-19-11-13-21(28)14-12-19/h2-4,7-8,11-16,22H,5-6,9-10,17-18H2,1H3,(H,29,33)/t27-/m0/s1. The highest BCUT2D eigenvalue weighted by Gasteiger charge is 2.48. The summed E-state index contributed by atoms with van der Waals surface area (Å²) in [5.74, 6) is -0.660. The van der Waals surface area contributed by atoms with Crippen molar-refractivity contribution in [2.24, 2.45) is 0 Å². The van der Waals surface area contributed by atoms with E-state index < -0.39 is 5.54 Å². The van der Waals surface area contributed by atoms with Gasteiger partial charge in [-0.2, -0.15) is 0 Å². The van der Waals surface area contributed by atoms with Gasteiger partial charge >= 0.3 is 0 Å². The number of nitrogens with one attached hydrogen (secondary N) is 1. The molecular weight excluding hydrogens is 417 g/mol. The molecule has 5 rings (SSSR count). The minimum absolute atomic E-state index is 0.136. The SMILES string of the molecule is C[C@@]1(C(=O)NC2CCCC2)Cn2c(ccc2-c2ccccc2)C(=O)N1Cc1ccc(F)cc1. The number of halogens is 1. The smallest absolute Gasteiger partial charge is 0.271 e. The van der Waals surface area contributed by atoms with Gasteiger partial charge in [-0.3, -0.25) is 9.59 Å². The van der Waals surface area contributed by atoms with Crippen molar-refractivity contribution in [1.29, 1.82) is 0 Å². The largest absolute Gasteiger partial charge is 0.351 e. The van der Waals surface area contributed by atoms with Gasteiger partial charge in [0.15, 0.2) is 0 Å². The van der Waals surface area contributed by atoms with E-state index in [2.05, 4.69) is 5.32 Å². The van der Waals surface area contributed by atoms with Gasteiger partial charge in [0.25, 0.3) is 5.91 Å². The molecule has 0 radical (unpaired) electrons. The molecule has 1 fully saturated rings. The van der Waals surface area contributed by atoms with Crippen molar-refractivity contribution in [3.05, 3.63) is 83.8 Å². The number of fused-ring (bicyclic) bond motifs is 1. The Morgan fingerprint density at radius 1 is 1.00 bits per heavy atom. The summed E-state index contributed by atoms with van der Waals surface area (Å²) in [5, 5.41) is 3.21. The van der Waals surface area contributed by atoms with Crippen LogP contribution in [0.1, 0.15) is 48.7 Å². The maximum absolute atomic E-state index is 13.7. The van der Waals surface area contributed by atoms with Gasteiger partial charge in [-0.25, -0.2) is 4.39 Å². The molecule has 0 bridgehead atoms. The minimum atomic E-state index is -1.08. The van der Waals surface area contributed by atoms with E-state index >= 15 is 0 Å². The highest BCUT2D eigenvalue weighted by molar-refractivity contribution is 6.00. The van der Waals surface area contributed by atoms with Crippen molar-refractivity contribution in [2.75, 3.05) is 0 Å². The zero-order chi connectivity index (χ0) is 23.0. The Hall–Kier alpha value is -3.41. The Morgan fingerprint density at radius 2 is 1.67 bits per heavy atom. The normalized spacial score (nSPS) is 20.7. The van der Waals surface area contributed by atoms with E-state index in [0.717, 1.165) is 42.5 Å². The molecule has 0 saturated heterocycles. The zero-order valence-electron chi connectivity index (χ0n) is 18.8. The first-order chi connectivity index (χ1) is 16.0. The predicted molar refractivity (Wildman–Crippen MR) is 125 cm³/mol. The molecule has 2 aliphatic rings. The van der Waals surface area contributed by atoms with Crippen LogP contribution in [0.2, 0.25) is 0 Å². The Kier molecular flexibility index (Phi) is 5.52. The third-order valence-electron chi connectivity index (χ3n) is 7.01. The first kappa shape index (κ1) is 21.4. The third kappa shape index (κ3) is 3.94. The Balaban J connectivity index is 1.54. The fourth-order valence-corrected chi connectivity index (χ4v) is 5.07. The summed E-state index contributed by atoms with van der Waals surface area (Å²) < 4.78 is 15.4. The lowest BCUT2D eigenvalue weighted by atomic mass is 9.93. The highest BCUT2D eigenvalue weighted by atomic mass is 19.1. The second-order valence-electron chi connectivity index (χ2n) is 9.30. The molecule has 5 nitrogen and oxygen atoms in total. The van der Waals surface area contributed by atoms with Crippen molar-refractivity contribution in [3.8, 4) is 11.3 Å². The van der Waals surface area contributed by atoms with Gasteiger partial charge in [0.1, 0.15) is 17.1 Å². The van der Waals surface area contributed by atoms with E-state index in [1.165, 1.54) is 12.1 Å². The summed E-state index contributed by atoms with van der Waals surface area (Å²) in [6.07, 6.45) is 4.16. The number of rotatable bonds is 5. The lowest BCUT2D eigenvalue weighted by Gasteiger charge is -2.45. The molecule has 6 heteroatoms. The molecule has 1 N–H and O–H groups in total. The van der Waals surface area contributed by atoms with Crippen molar-refractivity contribution in [1.82, 2.24) is 14.8 Å². The fraction of sp³-hybridized carbons (Fsp3) is 0.333. The van der Waals surface area contributed by atoms with Gasteiger partial charge in [0.05, 0.1) is 6.54 Å². The highest BCUT2D eigenvalue weighted by Crippen LogP contribution is 2.34. The molecule has 1 aromatic heterocycles. The summed E-state index contributed by atoms with van der Waals surface area (Å²) in [5.41, 5.74) is 2.18. The van der Waals surface area contributed by atoms with Gasteiger partial charge in [-0.05, 0) is 55.2 Å². The summed E-state index contributed by atoms with van der Waals surface area (Å²) in [4.78, 5) is 29.1. The van der Waals surface area contributed by atoms with Crippen molar-refractivity contribution < 1.29 is 14.0 Å². The monoisotopic (exact) mass is 445 g/mol. The van der Waals surface area contributed by atoms with Gasteiger partial charge < -0.3 is 14.8 Å². The number of carbonyl (C=O) groups is 2. The fourth-order valence-electron chi connectivity index (χ4n) is 5.07. The zero-order valence-corrected chi connectivity index (χ0v) is 18.8. The molecule has 0 spiro atoms. The van der Waals surface area contributed by atoms with Crippen LogP contribution in [-0.2, 0) is 17.9 Å². The van der Waals surface area contributed by atoms with E-state index in [4.69, 9.17) is 0 Å². The average molecular weight is 446 g/mol. The first-order valence-electron chi connectivity index (χ1n) is 11.6. The molecule has 1 aliphatic heterocycles. The molecule has 2 heterocycles. The molecule has 1 aliphatic carbocycles. The summed E-state index contributed by atoms with van der Waals surface area (Å²) in [6, 6.07) is 19.9. The molecule has 170 valence electrons. The van der Waals surface area contributed by atoms with Crippen LogP contribution < -0.4 is 5.32 Å². The van der Waals surface area contributed by atoms with Crippen LogP contribution in [0.3, 0.4) is 0 Å². The van der Waals surface area contributed by atoms with Crippen molar-refractivity contribution >= 4 is 11.8 Å². The predicted octanol–water partition coefficient (Wildman–Crippen LogP) is 4.77. The number of benzene rings is 2. The van der Waals surface area contributed by atoms with E-state index in [1.54, 1.807) is 17.0 Å². The van der Waals surface area contributed by atoms with E-state index in [-0.39, 0.29) is 30.2 Å². The van der Waals surface area contributed by atoms with Crippen molar-refractivity contribution in [3.63, 3.8) is 0 Å². The van der Waals surface area contributed by atoms with E-state index in [1.807, 2.05) is 54.0 Å². The Bertz CT molecular complexity index is 1170. The second kappa shape index (κ2) is 8.50. The van der Waals surface area contributed by atoms with Crippen LogP contribution in [-0.4, -0.2) is 32.9 Å². The number of hydrogen-bond donors (Lipinski definition) is 1. The molecule has 33 heavy (non-hydrogen) atoms. The number of amides is 2. The Labute approximate surface area is 193 Å². The molecule has 1 atom stereocenters. The number of hydrogen-bond acceptors (Lipinski definition) is 2. The van der Waals surface area contributed by atoms with Crippen LogP contribution in [0, 0.1) is 5.82 Å². The second-order valence-corrected chi connectivity index (χ2v) is 9.30. The van der Waals surface area contributed by atoms with Crippen LogP contribution in [0.25, 0.3) is 11.3 Å². The van der Waals surface area contributed by atoms with E-state index in [0.29, 0.717) is 12.2 Å². The Morgan fingerprint density at radius 3 is 2.36 bits per heavy atom. The molecule has 2 aromatic carbocycles. The molecule has 2 amide bonds. The van der Waals surface area contributed by atoms with Crippen LogP contribution in [0.15, 0.2) is 66.7 Å². The number of aromatic nitrogens is 1. The molecule has 3 aromatic rings. The quantitative estimate of drug-likeness (QED) is 0.615. The van der Waals surface area contributed by atoms with E-state index in [9.17, 15) is 14.0 Å². The van der Waals surface area contributed by atoms with Gasteiger partial charge in [-0.1, -0.05) is 55.3 Å². The average Bonchev–Trinajstić information content (AvgIpc) is 3.48. The summed E-state index contributed by atoms with van der Waals surface area (Å²) in [7, 11) is 0. The maximum Gasteiger partial charge on any atom is 0.271 e. The van der Waals surface area contributed by atoms with Gasteiger partial charge in [-0.15, -0.1) is 0 Å². The van der Waals surface area contributed by atoms with Gasteiger partial charge in [0, 0.05) is 18.3 Å². The lowest BCUT2D eigenvalue weighted by Crippen LogP contribution is -2.64. The topological polar surface area (TPSA) is 54.3 Å². The summed E-state index contributed by atoms with van der Waals surface area (Å²) in [6.45, 7) is 2.43. The van der Waals surface area contributed by atoms with Crippen LogP contribution in [0.5, 0.6) is 0 Å². The molecular formula is C27H28FN3O2. The molecule has 0 unspecified atom stereocenters.